The molecule has 1 fully saturated rings. The van der Waals surface area contributed by atoms with E-state index in [1.54, 1.807) is 23.9 Å². The Balaban J connectivity index is 1.59. The molecular weight excluding hydrogens is 504 g/mol. The fourth-order valence-electron chi connectivity index (χ4n) is 3.29. The first-order valence-corrected chi connectivity index (χ1v) is 11.9. The van der Waals surface area contributed by atoms with Crippen LogP contribution in [0.5, 0.6) is 0 Å². The monoisotopic (exact) mass is 522 g/mol. The van der Waals surface area contributed by atoms with Gasteiger partial charge in [0.2, 0.25) is 0 Å². The second-order valence-corrected chi connectivity index (χ2v) is 9.82. The zero-order valence-corrected chi connectivity index (χ0v) is 20.6. The number of aryl methyl sites for hydroxylation is 2. The largest absolute Gasteiger partial charge is 0.298 e. The number of amides is 2. The van der Waals surface area contributed by atoms with Gasteiger partial charge in [-0.25, -0.2) is 0 Å². The maximum absolute atomic E-state index is 13.2. The van der Waals surface area contributed by atoms with Gasteiger partial charge in [0.25, 0.3) is 11.8 Å². The molecule has 0 radical (unpaired) electrons. The van der Waals surface area contributed by atoms with Gasteiger partial charge < -0.3 is 0 Å². The first kappa shape index (κ1) is 22.5. The molecule has 4 rings (SSSR count). The Morgan fingerprint density at radius 3 is 2.19 bits per heavy atom. The molecular formula is C25H19BrN2O2S2. The van der Waals surface area contributed by atoms with E-state index in [1.807, 2.05) is 43.3 Å². The Hall–Kier alpha value is -2.74. The van der Waals surface area contributed by atoms with Crippen LogP contribution >= 0.6 is 39.9 Å². The van der Waals surface area contributed by atoms with E-state index >= 15 is 0 Å². The Labute approximate surface area is 204 Å². The molecule has 3 aromatic rings. The van der Waals surface area contributed by atoms with E-state index < -0.39 is 11.8 Å². The molecule has 160 valence electrons. The van der Waals surface area contributed by atoms with Gasteiger partial charge in [-0.15, -0.1) is 0 Å². The van der Waals surface area contributed by atoms with E-state index in [1.165, 1.54) is 10.5 Å². The third kappa shape index (κ3) is 4.85. The predicted molar refractivity (Wildman–Crippen MR) is 137 cm³/mol. The maximum atomic E-state index is 13.2. The normalized spacial score (nSPS) is 15.3. The molecule has 0 spiro atoms. The van der Waals surface area contributed by atoms with Crippen LogP contribution in [0.4, 0.5) is 5.69 Å². The van der Waals surface area contributed by atoms with Crippen molar-refractivity contribution in [1.29, 1.82) is 0 Å². The van der Waals surface area contributed by atoms with Crippen molar-refractivity contribution in [3.8, 4) is 0 Å². The summed E-state index contributed by atoms with van der Waals surface area (Å²) in [5, 5.41) is 2.71. The van der Waals surface area contributed by atoms with E-state index in [0.29, 0.717) is 5.69 Å². The fraction of sp³-hybridized carbons (Fsp3) is 0.0800. The lowest BCUT2D eigenvalue weighted by Crippen LogP contribution is -2.54. The Bertz CT molecular complexity index is 1250. The zero-order valence-electron chi connectivity index (χ0n) is 17.4. The highest BCUT2D eigenvalue weighted by Crippen LogP contribution is 2.30. The lowest BCUT2D eigenvalue weighted by molar-refractivity contribution is -0.122. The minimum atomic E-state index is -0.496. The number of carbonyl (C=O) groups is 2. The van der Waals surface area contributed by atoms with Crippen molar-refractivity contribution >= 4 is 68.6 Å². The summed E-state index contributed by atoms with van der Waals surface area (Å²) in [6, 6.07) is 21.6. The highest BCUT2D eigenvalue weighted by Gasteiger charge is 2.35. The van der Waals surface area contributed by atoms with Crippen LogP contribution in [0.25, 0.3) is 6.08 Å². The highest BCUT2D eigenvalue weighted by atomic mass is 79.9. The molecule has 1 heterocycles. The van der Waals surface area contributed by atoms with Crippen molar-refractivity contribution in [2.24, 2.45) is 0 Å². The van der Waals surface area contributed by atoms with Gasteiger partial charge in [-0.2, -0.15) is 0 Å². The number of hydrogen-bond acceptors (Lipinski definition) is 4. The third-order valence-electron chi connectivity index (χ3n) is 4.95. The maximum Gasteiger partial charge on any atom is 0.270 e. The van der Waals surface area contributed by atoms with Gasteiger partial charge in [-0.1, -0.05) is 57.5 Å². The van der Waals surface area contributed by atoms with Gasteiger partial charge in [-0.3, -0.25) is 19.8 Å². The standard InChI is InChI=1S/C25H19BrN2O2S2/c1-15-3-8-19(9-4-15)32-20-10-5-17(6-11-20)14-21-23(29)27-25(31)28(24(21)30)22-12-7-18(26)13-16(22)2/h3-14H,1-2H3,(H,27,29,31)/b21-14+. The number of hydrogen-bond donors (Lipinski definition) is 1. The fourth-order valence-corrected chi connectivity index (χ4v) is 4.85. The van der Waals surface area contributed by atoms with Crippen LogP contribution in [0.1, 0.15) is 16.7 Å². The number of anilines is 1. The second-order valence-electron chi connectivity index (χ2n) is 7.37. The molecule has 0 aromatic heterocycles. The van der Waals surface area contributed by atoms with Crippen LogP contribution in [0, 0.1) is 13.8 Å². The van der Waals surface area contributed by atoms with E-state index in [2.05, 4.69) is 52.4 Å². The first-order valence-electron chi connectivity index (χ1n) is 9.84. The minimum absolute atomic E-state index is 0.0415. The van der Waals surface area contributed by atoms with Crippen LogP contribution in [0.3, 0.4) is 0 Å². The molecule has 0 unspecified atom stereocenters. The number of thiocarbonyl (C=S) groups is 1. The lowest BCUT2D eigenvalue weighted by Gasteiger charge is -2.30. The quantitative estimate of drug-likeness (QED) is 0.257. The number of nitrogens with one attached hydrogen (secondary N) is 1. The van der Waals surface area contributed by atoms with Crippen molar-refractivity contribution < 1.29 is 9.59 Å². The molecule has 1 saturated heterocycles. The molecule has 32 heavy (non-hydrogen) atoms. The van der Waals surface area contributed by atoms with Gasteiger partial charge in [0, 0.05) is 14.3 Å². The molecule has 0 aliphatic carbocycles. The molecule has 0 bridgehead atoms. The van der Waals surface area contributed by atoms with Crippen molar-refractivity contribution in [2.45, 2.75) is 23.6 Å². The molecule has 1 aliphatic heterocycles. The summed E-state index contributed by atoms with van der Waals surface area (Å²) in [6.45, 7) is 3.95. The summed E-state index contributed by atoms with van der Waals surface area (Å²) in [5.74, 6) is -0.939. The van der Waals surface area contributed by atoms with Crippen molar-refractivity contribution in [2.75, 3.05) is 4.90 Å². The van der Waals surface area contributed by atoms with E-state index in [4.69, 9.17) is 12.2 Å². The summed E-state index contributed by atoms with van der Waals surface area (Å²) in [7, 11) is 0. The summed E-state index contributed by atoms with van der Waals surface area (Å²) in [4.78, 5) is 29.4. The predicted octanol–water partition coefficient (Wildman–Crippen LogP) is 6.05. The second kappa shape index (κ2) is 9.40. The number of carbonyl (C=O) groups excluding carboxylic acids is 2. The molecule has 0 atom stereocenters. The van der Waals surface area contributed by atoms with E-state index in [0.717, 1.165) is 25.4 Å². The number of nitrogens with zero attached hydrogens (tertiary/aromatic N) is 1. The molecule has 0 saturated carbocycles. The number of halogens is 1. The minimum Gasteiger partial charge on any atom is -0.298 e. The van der Waals surface area contributed by atoms with Gasteiger partial charge in [0.05, 0.1) is 5.69 Å². The van der Waals surface area contributed by atoms with Gasteiger partial charge in [0.15, 0.2) is 5.11 Å². The molecule has 7 heteroatoms. The van der Waals surface area contributed by atoms with Crippen LogP contribution in [0.15, 0.2) is 86.6 Å². The van der Waals surface area contributed by atoms with Gasteiger partial charge in [0.1, 0.15) is 5.57 Å². The van der Waals surface area contributed by atoms with Crippen molar-refractivity contribution in [3.63, 3.8) is 0 Å². The average molecular weight is 523 g/mol. The van der Waals surface area contributed by atoms with Gasteiger partial charge in [-0.05, 0) is 85.7 Å². The molecule has 3 aromatic carbocycles. The topological polar surface area (TPSA) is 49.4 Å². The molecule has 1 N–H and O–H groups in total. The molecule has 2 amide bonds. The third-order valence-corrected chi connectivity index (χ3v) is 6.74. The number of benzene rings is 3. The van der Waals surface area contributed by atoms with Crippen LogP contribution in [-0.4, -0.2) is 16.9 Å². The van der Waals surface area contributed by atoms with E-state index in [9.17, 15) is 9.59 Å². The Morgan fingerprint density at radius 2 is 1.56 bits per heavy atom. The van der Waals surface area contributed by atoms with Gasteiger partial charge >= 0.3 is 0 Å². The lowest BCUT2D eigenvalue weighted by atomic mass is 10.1. The Kier molecular flexibility index (Phi) is 6.60. The molecule has 1 aliphatic rings. The summed E-state index contributed by atoms with van der Waals surface area (Å²) in [5.41, 5.74) is 3.53. The number of rotatable bonds is 4. The summed E-state index contributed by atoms with van der Waals surface area (Å²) < 4.78 is 0.900. The zero-order chi connectivity index (χ0) is 22.8. The smallest absolute Gasteiger partial charge is 0.270 e. The highest BCUT2D eigenvalue weighted by molar-refractivity contribution is 9.10. The molecule has 4 nitrogen and oxygen atoms in total. The van der Waals surface area contributed by atoms with Crippen LogP contribution in [-0.2, 0) is 9.59 Å². The van der Waals surface area contributed by atoms with Crippen LogP contribution < -0.4 is 10.2 Å². The van der Waals surface area contributed by atoms with E-state index in [-0.39, 0.29) is 10.7 Å². The summed E-state index contributed by atoms with van der Waals surface area (Å²) >= 11 is 10.4. The summed E-state index contributed by atoms with van der Waals surface area (Å²) in [6.07, 6.45) is 1.60. The first-order chi connectivity index (χ1) is 15.3. The van der Waals surface area contributed by atoms with Crippen molar-refractivity contribution in [3.05, 3.63) is 93.5 Å². The average Bonchev–Trinajstić information content (AvgIpc) is 2.75. The van der Waals surface area contributed by atoms with Crippen LogP contribution in [0.2, 0.25) is 0 Å². The SMILES string of the molecule is Cc1ccc(Sc2ccc(/C=C3\C(=O)NC(=S)N(c4ccc(Br)cc4C)C3=O)cc2)cc1. The van der Waals surface area contributed by atoms with Crippen molar-refractivity contribution in [1.82, 2.24) is 5.32 Å². The Morgan fingerprint density at radius 1 is 0.938 bits per heavy atom.